The summed E-state index contributed by atoms with van der Waals surface area (Å²) in [7, 11) is -4.07. The number of pyridine rings is 1. The molecule has 2 aromatic heterocycles. The standard InChI is InChI=1S/C25H23F4N5O2S/c1-16-12-18(20-6-8-30-24-21(20)7-9-31-24)13-23(32-16)34-11-10-33(14-22(34)25(27,28)29)37(35,36)15-17-2-4-19(26)5-3-17/h2-9,12-13,22,32H,1,10-11,14-15H2,(H,30,31). The number of benzene rings is 1. The molecule has 2 aliphatic heterocycles. The maximum absolute atomic E-state index is 14.3. The largest absolute Gasteiger partial charge is 0.410 e. The summed E-state index contributed by atoms with van der Waals surface area (Å²) in [5.74, 6) is -0.864. The Bertz CT molecular complexity index is 1510. The molecule has 2 aliphatic rings. The summed E-state index contributed by atoms with van der Waals surface area (Å²) in [5, 5.41) is 3.73. The van der Waals surface area contributed by atoms with Crippen LogP contribution in [0.15, 0.2) is 79.0 Å². The number of halogens is 4. The molecule has 3 aromatic rings. The highest BCUT2D eigenvalue weighted by Gasteiger charge is 2.49. The number of aromatic amines is 1. The number of hydrogen-bond acceptors (Lipinski definition) is 5. The maximum Gasteiger partial charge on any atom is 0.410 e. The molecule has 1 saturated heterocycles. The monoisotopic (exact) mass is 533 g/mol. The molecule has 0 saturated carbocycles. The number of hydrogen-bond donors (Lipinski definition) is 2. The molecule has 1 fully saturated rings. The predicted octanol–water partition coefficient (Wildman–Crippen LogP) is 4.12. The zero-order valence-corrected chi connectivity index (χ0v) is 20.3. The fourth-order valence-corrected chi connectivity index (χ4v) is 6.12. The Labute approximate surface area is 210 Å². The third-order valence-electron chi connectivity index (χ3n) is 6.37. The number of dihydropyridines is 1. The molecule has 1 atom stereocenters. The topological polar surface area (TPSA) is 81.3 Å². The normalized spacial score (nSPS) is 19.5. The Hall–Kier alpha value is -3.64. The van der Waals surface area contributed by atoms with Gasteiger partial charge in [-0.25, -0.2) is 17.8 Å². The lowest BCUT2D eigenvalue weighted by molar-refractivity contribution is -0.187. The molecule has 194 valence electrons. The van der Waals surface area contributed by atoms with E-state index >= 15 is 0 Å². The predicted molar refractivity (Wildman–Crippen MR) is 132 cm³/mol. The molecule has 7 nitrogen and oxygen atoms in total. The molecule has 0 radical (unpaired) electrons. The molecule has 5 rings (SSSR count). The van der Waals surface area contributed by atoms with Crippen molar-refractivity contribution >= 4 is 26.6 Å². The van der Waals surface area contributed by atoms with Gasteiger partial charge >= 0.3 is 6.18 Å². The zero-order valence-electron chi connectivity index (χ0n) is 19.5. The first kappa shape index (κ1) is 25.0. The van der Waals surface area contributed by atoms with E-state index in [-0.39, 0.29) is 18.9 Å². The number of aromatic nitrogens is 2. The smallest absolute Gasteiger partial charge is 0.346 e. The van der Waals surface area contributed by atoms with Gasteiger partial charge in [-0.15, -0.1) is 0 Å². The van der Waals surface area contributed by atoms with Crippen molar-refractivity contribution in [1.29, 1.82) is 0 Å². The molecular formula is C25H23F4N5O2S. The van der Waals surface area contributed by atoms with Crippen LogP contribution in [0.1, 0.15) is 11.1 Å². The summed E-state index contributed by atoms with van der Waals surface area (Å²) in [4.78, 5) is 8.40. The first-order valence-electron chi connectivity index (χ1n) is 11.4. The van der Waals surface area contributed by atoms with Gasteiger partial charge in [-0.1, -0.05) is 18.7 Å². The van der Waals surface area contributed by atoms with Gasteiger partial charge in [0.1, 0.15) is 23.3 Å². The zero-order chi connectivity index (χ0) is 26.4. The van der Waals surface area contributed by atoms with Gasteiger partial charge in [0.05, 0.1) is 5.75 Å². The molecule has 37 heavy (non-hydrogen) atoms. The second-order valence-corrected chi connectivity index (χ2v) is 10.8. The van der Waals surface area contributed by atoms with Crippen LogP contribution in [0.3, 0.4) is 0 Å². The molecule has 0 amide bonds. The summed E-state index contributed by atoms with van der Waals surface area (Å²) in [6, 6.07) is 6.37. The summed E-state index contributed by atoms with van der Waals surface area (Å²) in [6.45, 7) is 2.80. The fraction of sp³-hybridized carbons (Fsp3) is 0.240. The summed E-state index contributed by atoms with van der Waals surface area (Å²) in [5.41, 5.74) is 2.77. The van der Waals surface area contributed by atoms with Gasteiger partial charge in [-0.2, -0.15) is 17.5 Å². The van der Waals surface area contributed by atoms with Crippen LogP contribution in [0.2, 0.25) is 0 Å². The molecule has 0 bridgehead atoms. The number of H-pyrrole nitrogens is 1. The van der Waals surface area contributed by atoms with Crippen molar-refractivity contribution in [2.24, 2.45) is 0 Å². The minimum atomic E-state index is -4.71. The van der Waals surface area contributed by atoms with Crippen molar-refractivity contribution in [3.05, 3.63) is 96.0 Å². The van der Waals surface area contributed by atoms with Gasteiger partial charge in [0.25, 0.3) is 0 Å². The van der Waals surface area contributed by atoms with Gasteiger partial charge in [0.15, 0.2) is 0 Å². The minimum absolute atomic E-state index is 0.141. The van der Waals surface area contributed by atoms with Crippen LogP contribution in [-0.4, -0.2) is 59.4 Å². The second kappa shape index (κ2) is 9.34. The van der Waals surface area contributed by atoms with Crippen LogP contribution in [-0.2, 0) is 15.8 Å². The Balaban J connectivity index is 1.43. The van der Waals surface area contributed by atoms with E-state index in [1.165, 1.54) is 12.1 Å². The molecule has 1 unspecified atom stereocenters. The van der Waals surface area contributed by atoms with Crippen molar-refractivity contribution in [2.45, 2.75) is 18.0 Å². The SMILES string of the molecule is C=C1C=C(c2ccnc3[nH]ccc23)C=C(N2CCN(S(=O)(=O)Cc3ccc(F)cc3)CC2C(F)(F)F)N1. The molecule has 4 heterocycles. The summed E-state index contributed by atoms with van der Waals surface area (Å²) < 4.78 is 82.7. The number of nitrogens with zero attached hydrogens (tertiary/aromatic N) is 3. The van der Waals surface area contributed by atoms with E-state index in [1.54, 1.807) is 30.6 Å². The van der Waals surface area contributed by atoms with Crippen LogP contribution in [0.25, 0.3) is 16.6 Å². The van der Waals surface area contributed by atoms with Crippen LogP contribution >= 0.6 is 0 Å². The van der Waals surface area contributed by atoms with Crippen molar-refractivity contribution < 1.29 is 26.0 Å². The molecule has 0 aliphatic carbocycles. The van der Waals surface area contributed by atoms with Gasteiger partial charge in [0, 0.05) is 43.1 Å². The van der Waals surface area contributed by atoms with E-state index in [0.29, 0.717) is 22.5 Å². The van der Waals surface area contributed by atoms with Gasteiger partial charge in [0.2, 0.25) is 10.0 Å². The average molecular weight is 534 g/mol. The number of fused-ring (bicyclic) bond motifs is 1. The Morgan fingerprint density at radius 1 is 1.08 bits per heavy atom. The first-order chi connectivity index (χ1) is 17.5. The number of nitrogens with one attached hydrogen (secondary N) is 2. The Kier molecular flexibility index (Phi) is 6.32. The number of piperazine rings is 1. The highest BCUT2D eigenvalue weighted by molar-refractivity contribution is 7.88. The van der Waals surface area contributed by atoms with Crippen LogP contribution in [0.5, 0.6) is 0 Å². The lowest BCUT2D eigenvalue weighted by Crippen LogP contribution is -2.60. The van der Waals surface area contributed by atoms with Gasteiger partial charge in [-0.05, 0) is 53.1 Å². The number of alkyl halides is 3. The fourth-order valence-electron chi connectivity index (χ4n) is 4.60. The quantitative estimate of drug-likeness (QED) is 0.483. The van der Waals surface area contributed by atoms with Crippen molar-refractivity contribution in [1.82, 2.24) is 24.5 Å². The highest BCUT2D eigenvalue weighted by Crippen LogP contribution is 2.34. The molecule has 2 N–H and O–H groups in total. The van der Waals surface area contributed by atoms with Gasteiger partial charge in [-0.3, -0.25) is 0 Å². The number of sulfonamides is 1. The lowest BCUT2D eigenvalue weighted by atomic mass is 10.00. The third-order valence-corrected chi connectivity index (χ3v) is 8.18. The number of allylic oxidation sites excluding steroid dienone is 3. The van der Waals surface area contributed by atoms with Gasteiger partial charge < -0.3 is 15.2 Å². The maximum atomic E-state index is 14.3. The van der Waals surface area contributed by atoms with Crippen molar-refractivity contribution in [3.63, 3.8) is 0 Å². The van der Waals surface area contributed by atoms with E-state index in [4.69, 9.17) is 0 Å². The van der Waals surface area contributed by atoms with Crippen LogP contribution < -0.4 is 5.32 Å². The first-order valence-corrected chi connectivity index (χ1v) is 13.0. The lowest BCUT2D eigenvalue weighted by Gasteiger charge is -2.44. The third kappa shape index (κ3) is 5.12. The van der Waals surface area contributed by atoms with E-state index in [9.17, 15) is 26.0 Å². The molecule has 1 aromatic carbocycles. The van der Waals surface area contributed by atoms with Crippen LogP contribution in [0.4, 0.5) is 17.6 Å². The van der Waals surface area contributed by atoms with E-state index < -0.39 is 40.4 Å². The van der Waals surface area contributed by atoms with E-state index in [2.05, 4.69) is 21.9 Å². The van der Waals surface area contributed by atoms with Crippen molar-refractivity contribution in [3.8, 4) is 0 Å². The molecule has 0 spiro atoms. The molecule has 12 heteroatoms. The Morgan fingerprint density at radius 3 is 2.57 bits per heavy atom. The van der Waals surface area contributed by atoms with E-state index in [1.807, 2.05) is 6.07 Å². The highest BCUT2D eigenvalue weighted by atomic mass is 32.2. The summed E-state index contributed by atoms with van der Waals surface area (Å²) in [6.07, 6.45) is 1.97. The minimum Gasteiger partial charge on any atom is -0.346 e. The van der Waals surface area contributed by atoms with Crippen molar-refractivity contribution in [2.75, 3.05) is 19.6 Å². The van der Waals surface area contributed by atoms with Crippen LogP contribution in [0, 0.1) is 5.82 Å². The summed E-state index contributed by atoms with van der Waals surface area (Å²) >= 11 is 0. The van der Waals surface area contributed by atoms with E-state index in [0.717, 1.165) is 32.3 Å². The second-order valence-electron chi connectivity index (χ2n) is 8.87. The molecular weight excluding hydrogens is 510 g/mol. The number of rotatable bonds is 5. The average Bonchev–Trinajstić information content (AvgIpc) is 3.33. The Morgan fingerprint density at radius 2 is 1.84 bits per heavy atom.